The maximum Gasteiger partial charge on any atom is 0.306 e. The maximum atomic E-state index is 12.1. The number of benzene rings is 1. The molecular formula is C24H35NO11. The fourth-order valence-electron chi connectivity index (χ4n) is 3.99. The highest BCUT2D eigenvalue weighted by molar-refractivity contribution is 5.90. The normalized spacial score (nSPS) is 24.1. The molecule has 0 radical (unpaired) electrons. The van der Waals surface area contributed by atoms with Crippen LogP contribution in [0.15, 0.2) is 16.7 Å². The molecule has 0 spiro atoms. The SMILES string of the molecule is CCOC(=O)CCc1cc2c(CCO)coc2c(OCCNC)c1O[C@@H]1O[C@H](CO)[C@@H](O)[C@H](O)[C@H]1O. The van der Waals surface area contributed by atoms with Gasteiger partial charge in [0.1, 0.15) is 31.0 Å². The van der Waals surface area contributed by atoms with Gasteiger partial charge in [0.2, 0.25) is 12.0 Å². The van der Waals surface area contributed by atoms with Crippen molar-refractivity contribution in [1.29, 1.82) is 0 Å². The number of esters is 1. The molecular weight excluding hydrogens is 478 g/mol. The molecule has 36 heavy (non-hydrogen) atoms. The number of fused-ring (bicyclic) bond motifs is 1. The van der Waals surface area contributed by atoms with Crippen LogP contribution in [0.4, 0.5) is 0 Å². The number of hydrogen-bond donors (Lipinski definition) is 6. The number of carbonyl (C=O) groups excluding carboxylic acids is 1. The number of aryl methyl sites for hydroxylation is 1. The molecule has 1 fully saturated rings. The minimum absolute atomic E-state index is 0.0214. The largest absolute Gasteiger partial charge is 0.485 e. The van der Waals surface area contributed by atoms with Crippen molar-refractivity contribution in [2.75, 3.05) is 40.0 Å². The summed E-state index contributed by atoms with van der Waals surface area (Å²) in [5, 5.41) is 53.5. The van der Waals surface area contributed by atoms with Crippen molar-refractivity contribution in [2.45, 2.75) is 56.9 Å². The number of furan rings is 1. The third-order valence-corrected chi connectivity index (χ3v) is 5.90. The molecule has 2 heterocycles. The van der Waals surface area contributed by atoms with Crippen LogP contribution in [0.3, 0.4) is 0 Å². The first-order valence-corrected chi connectivity index (χ1v) is 11.9. The second-order valence-corrected chi connectivity index (χ2v) is 8.38. The van der Waals surface area contributed by atoms with Crippen molar-refractivity contribution in [2.24, 2.45) is 0 Å². The summed E-state index contributed by atoms with van der Waals surface area (Å²) >= 11 is 0. The van der Waals surface area contributed by atoms with Crippen LogP contribution in [0.1, 0.15) is 24.5 Å². The van der Waals surface area contributed by atoms with Gasteiger partial charge in [0.15, 0.2) is 11.3 Å². The first-order valence-electron chi connectivity index (χ1n) is 11.9. The summed E-state index contributed by atoms with van der Waals surface area (Å²) in [6, 6.07) is 1.74. The van der Waals surface area contributed by atoms with E-state index >= 15 is 0 Å². The molecule has 1 aromatic heterocycles. The fraction of sp³-hybridized carbons (Fsp3) is 0.625. The zero-order chi connectivity index (χ0) is 26.2. The molecule has 12 nitrogen and oxygen atoms in total. The highest BCUT2D eigenvalue weighted by Crippen LogP contribution is 2.43. The van der Waals surface area contributed by atoms with E-state index in [1.54, 1.807) is 20.0 Å². The minimum Gasteiger partial charge on any atom is -0.485 e. The number of likely N-dealkylation sites (N-methyl/N-ethyl adjacent to an activating group) is 1. The molecule has 1 aliphatic rings. The molecule has 0 saturated carbocycles. The average molecular weight is 514 g/mol. The fourth-order valence-corrected chi connectivity index (χ4v) is 3.99. The summed E-state index contributed by atoms with van der Waals surface area (Å²) in [4.78, 5) is 12.1. The molecule has 1 aliphatic heterocycles. The third kappa shape index (κ3) is 6.27. The lowest BCUT2D eigenvalue weighted by molar-refractivity contribution is -0.277. The molecule has 1 aromatic carbocycles. The Morgan fingerprint density at radius 1 is 1.08 bits per heavy atom. The van der Waals surface area contributed by atoms with Gasteiger partial charge in [0.25, 0.3) is 0 Å². The van der Waals surface area contributed by atoms with Crippen LogP contribution in [-0.4, -0.2) is 102 Å². The van der Waals surface area contributed by atoms with E-state index in [2.05, 4.69) is 5.32 Å². The Balaban J connectivity index is 2.08. The predicted octanol–water partition coefficient (Wildman–Crippen LogP) is -0.760. The van der Waals surface area contributed by atoms with E-state index < -0.39 is 43.3 Å². The number of nitrogens with one attached hydrogen (secondary N) is 1. The summed E-state index contributed by atoms with van der Waals surface area (Å²) in [5.74, 6) is -0.128. The summed E-state index contributed by atoms with van der Waals surface area (Å²) < 4.78 is 28.4. The lowest BCUT2D eigenvalue weighted by Gasteiger charge is -2.39. The number of ether oxygens (including phenoxy) is 4. The van der Waals surface area contributed by atoms with Crippen LogP contribution in [0, 0.1) is 0 Å². The molecule has 202 valence electrons. The monoisotopic (exact) mass is 513 g/mol. The standard InChI is InChI=1S/C24H35NO11/c1-3-32-17(28)5-4-13-10-15-14(6-8-26)12-34-22(15)23(33-9-7-25-2)21(13)36-24-20(31)19(30)18(29)16(11-27)35-24/h10,12,16,18-20,24-27,29-31H,3-9,11H2,1-2H3/t16-,18-,19+,20-,24+/m1/s1. The molecule has 6 N–H and O–H groups in total. The summed E-state index contributed by atoms with van der Waals surface area (Å²) in [6.45, 7) is 1.91. The van der Waals surface area contributed by atoms with E-state index in [0.29, 0.717) is 29.5 Å². The molecule has 5 atom stereocenters. The van der Waals surface area contributed by atoms with Crippen LogP contribution in [0.2, 0.25) is 0 Å². The van der Waals surface area contributed by atoms with Crippen molar-refractivity contribution in [1.82, 2.24) is 5.32 Å². The smallest absolute Gasteiger partial charge is 0.306 e. The number of carbonyl (C=O) groups is 1. The number of aliphatic hydroxyl groups is 5. The van der Waals surface area contributed by atoms with Crippen molar-refractivity contribution in [3.63, 3.8) is 0 Å². The van der Waals surface area contributed by atoms with Crippen molar-refractivity contribution < 1.29 is 53.7 Å². The Hall–Kier alpha value is -2.45. The first kappa shape index (κ1) is 28.1. The van der Waals surface area contributed by atoms with E-state index in [9.17, 15) is 30.3 Å². The molecule has 0 aliphatic carbocycles. The lowest BCUT2D eigenvalue weighted by Crippen LogP contribution is -2.60. The predicted molar refractivity (Wildman–Crippen MR) is 126 cm³/mol. The van der Waals surface area contributed by atoms with Gasteiger partial charge in [-0.3, -0.25) is 4.79 Å². The van der Waals surface area contributed by atoms with Gasteiger partial charge in [0.05, 0.1) is 19.5 Å². The zero-order valence-electron chi connectivity index (χ0n) is 20.4. The lowest BCUT2D eigenvalue weighted by atomic mass is 9.99. The van der Waals surface area contributed by atoms with Gasteiger partial charge in [0, 0.05) is 30.5 Å². The minimum atomic E-state index is -1.65. The van der Waals surface area contributed by atoms with E-state index in [4.69, 9.17) is 23.4 Å². The molecule has 12 heteroatoms. The Kier molecular flexibility index (Phi) is 10.3. The summed E-state index contributed by atoms with van der Waals surface area (Å²) in [5.41, 5.74) is 1.56. The number of hydrogen-bond acceptors (Lipinski definition) is 12. The Morgan fingerprint density at radius 3 is 2.53 bits per heavy atom. The van der Waals surface area contributed by atoms with E-state index in [1.165, 1.54) is 6.26 Å². The van der Waals surface area contributed by atoms with Crippen LogP contribution in [-0.2, 0) is 27.1 Å². The van der Waals surface area contributed by atoms with E-state index in [1.807, 2.05) is 0 Å². The van der Waals surface area contributed by atoms with Gasteiger partial charge in [-0.1, -0.05) is 0 Å². The van der Waals surface area contributed by atoms with Crippen LogP contribution >= 0.6 is 0 Å². The topological polar surface area (TPSA) is 180 Å². The number of aliphatic hydroxyl groups excluding tert-OH is 5. The van der Waals surface area contributed by atoms with Crippen LogP contribution in [0.25, 0.3) is 11.0 Å². The molecule has 0 amide bonds. The van der Waals surface area contributed by atoms with E-state index in [0.717, 1.165) is 5.56 Å². The van der Waals surface area contributed by atoms with Crippen LogP contribution < -0.4 is 14.8 Å². The van der Waals surface area contributed by atoms with Gasteiger partial charge in [-0.15, -0.1) is 0 Å². The average Bonchev–Trinajstić information content (AvgIpc) is 3.26. The van der Waals surface area contributed by atoms with Gasteiger partial charge < -0.3 is 54.2 Å². The Labute approximate surface area is 208 Å². The maximum absolute atomic E-state index is 12.1. The van der Waals surface area contributed by atoms with Crippen LogP contribution in [0.5, 0.6) is 11.5 Å². The summed E-state index contributed by atoms with van der Waals surface area (Å²) in [6.07, 6.45) is -5.46. The molecule has 0 bridgehead atoms. The van der Waals surface area contributed by atoms with Crippen molar-refractivity contribution in [3.8, 4) is 11.5 Å². The summed E-state index contributed by atoms with van der Waals surface area (Å²) in [7, 11) is 1.76. The number of rotatable bonds is 13. The molecule has 1 saturated heterocycles. The highest BCUT2D eigenvalue weighted by atomic mass is 16.7. The Morgan fingerprint density at radius 2 is 1.86 bits per heavy atom. The molecule has 2 aromatic rings. The van der Waals surface area contributed by atoms with Gasteiger partial charge >= 0.3 is 5.97 Å². The Bertz CT molecular complexity index is 992. The van der Waals surface area contributed by atoms with E-state index in [-0.39, 0.29) is 44.2 Å². The zero-order valence-corrected chi connectivity index (χ0v) is 20.4. The quantitative estimate of drug-likeness (QED) is 0.146. The third-order valence-electron chi connectivity index (χ3n) is 5.90. The van der Waals surface area contributed by atoms with Gasteiger partial charge in [-0.25, -0.2) is 0 Å². The first-order chi connectivity index (χ1) is 17.4. The van der Waals surface area contributed by atoms with Gasteiger partial charge in [-0.05, 0) is 38.4 Å². The van der Waals surface area contributed by atoms with Gasteiger partial charge in [-0.2, -0.15) is 0 Å². The molecule has 0 unspecified atom stereocenters. The van der Waals surface area contributed by atoms with Crippen molar-refractivity contribution in [3.05, 3.63) is 23.5 Å². The second-order valence-electron chi connectivity index (χ2n) is 8.38. The second kappa shape index (κ2) is 13.2. The van der Waals surface area contributed by atoms with Crippen molar-refractivity contribution >= 4 is 16.9 Å². The molecule has 3 rings (SSSR count). The highest BCUT2D eigenvalue weighted by Gasteiger charge is 2.45.